The maximum absolute atomic E-state index is 11.3. The Morgan fingerprint density at radius 2 is 2.06 bits per heavy atom. The van der Waals surface area contributed by atoms with Crippen molar-refractivity contribution in [1.82, 2.24) is 9.03 Å². The fraction of sp³-hybridized carbons (Fsp3) is 0.875. The van der Waals surface area contributed by atoms with E-state index in [2.05, 4.69) is 24.4 Å². The van der Waals surface area contributed by atoms with Crippen molar-refractivity contribution in [2.24, 2.45) is 0 Å². The zero-order valence-corrected chi connectivity index (χ0v) is 11.6. The highest BCUT2D eigenvalue weighted by molar-refractivity contribution is 7.88. The van der Waals surface area contributed by atoms with Gasteiger partial charge in [-0.25, -0.2) is 4.31 Å². The quantitative estimate of drug-likeness (QED) is 0.560. The molecule has 1 aliphatic rings. The molecule has 0 saturated carbocycles. The molecule has 0 aromatic rings. The van der Waals surface area contributed by atoms with Gasteiger partial charge in [0.25, 0.3) is 5.91 Å². The molecule has 0 radical (unpaired) electrons. The van der Waals surface area contributed by atoms with Crippen LogP contribution in [0.2, 0.25) is 25.7 Å². The maximum atomic E-state index is 11.3. The summed E-state index contributed by atoms with van der Waals surface area (Å²) in [6.45, 7) is 6.76. The standard InChI is InChI=1S/C8H18N2O4SSi/c1-16(2,3)5-4-14-7-10-8(11)6-9-15(10,12)13/h9H,4-7H2,1-3H3. The van der Waals surface area contributed by atoms with Crippen molar-refractivity contribution in [3.05, 3.63) is 0 Å². The lowest BCUT2D eigenvalue weighted by atomic mass is 10.6. The summed E-state index contributed by atoms with van der Waals surface area (Å²) in [5.41, 5.74) is 0. The number of nitrogens with zero attached hydrogens (tertiary/aromatic N) is 1. The fourth-order valence-corrected chi connectivity index (χ4v) is 2.88. The molecule has 0 aromatic heterocycles. The molecule has 1 fully saturated rings. The first kappa shape index (κ1) is 13.6. The van der Waals surface area contributed by atoms with E-state index in [1.54, 1.807) is 0 Å². The first-order valence-corrected chi connectivity index (χ1v) is 10.2. The number of carbonyl (C=O) groups excluding carboxylic acids is 1. The van der Waals surface area contributed by atoms with E-state index in [-0.39, 0.29) is 13.3 Å². The Labute approximate surface area is 97.1 Å². The molecule has 1 rings (SSSR count). The normalized spacial score (nSPS) is 20.4. The van der Waals surface area contributed by atoms with Gasteiger partial charge in [0.05, 0.1) is 6.54 Å². The third kappa shape index (κ3) is 3.85. The number of ether oxygens (including phenoxy) is 1. The Morgan fingerprint density at radius 3 is 2.50 bits per heavy atom. The molecule has 6 nitrogen and oxygen atoms in total. The molecule has 1 N–H and O–H groups in total. The SMILES string of the molecule is C[Si](C)(C)CCOCN1C(=O)CNS1(=O)=O. The lowest BCUT2D eigenvalue weighted by molar-refractivity contribution is -0.127. The Kier molecular flexibility index (Phi) is 4.10. The minimum Gasteiger partial charge on any atom is -0.360 e. The first-order chi connectivity index (χ1) is 7.22. The predicted molar refractivity (Wildman–Crippen MR) is 62.7 cm³/mol. The zero-order chi connectivity index (χ0) is 12.4. The molecule has 1 aliphatic heterocycles. The van der Waals surface area contributed by atoms with Crippen LogP contribution in [0.1, 0.15) is 0 Å². The third-order valence-corrected chi connectivity index (χ3v) is 5.28. The van der Waals surface area contributed by atoms with Crippen molar-refractivity contribution < 1.29 is 17.9 Å². The minimum atomic E-state index is -3.63. The van der Waals surface area contributed by atoms with E-state index in [0.717, 1.165) is 10.3 Å². The van der Waals surface area contributed by atoms with Gasteiger partial charge in [0.15, 0.2) is 0 Å². The summed E-state index contributed by atoms with van der Waals surface area (Å²) in [5.74, 6) is -0.465. The highest BCUT2D eigenvalue weighted by Crippen LogP contribution is 2.09. The minimum absolute atomic E-state index is 0.167. The molecular formula is C8H18N2O4SSi. The highest BCUT2D eigenvalue weighted by Gasteiger charge is 2.34. The van der Waals surface area contributed by atoms with Crippen molar-refractivity contribution >= 4 is 24.2 Å². The molecule has 1 amide bonds. The van der Waals surface area contributed by atoms with Crippen LogP contribution in [-0.2, 0) is 19.7 Å². The van der Waals surface area contributed by atoms with Crippen molar-refractivity contribution in [1.29, 1.82) is 0 Å². The van der Waals surface area contributed by atoms with Crippen molar-refractivity contribution in [3.63, 3.8) is 0 Å². The van der Waals surface area contributed by atoms with Gasteiger partial charge in [-0.05, 0) is 6.04 Å². The second-order valence-corrected chi connectivity index (χ2v) is 12.2. The molecule has 0 aromatic carbocycles. The second kappa shape index (κ2) is 4.82. The molecule has 0 bridgehead atoms. The van der Waals surface area contributed by atoms with Gasteiger partial charge in [-0.2, -0.15) is 13.1 Å². The van der Waals surface area contributed by atoms with Crippen LogP contribution < -0.4 is 4.72 Å². The van der Waals surface area contributed by atoms with E-state index in [0.29, 0.717) is 6.61 Å². The van der Waals surface area contributed by atoms with E-state index in [4.69, 9.17) is 4.74 Å². The van der Waals surface area contributed by atoms with Crippen LogP contribution in [0.25, 0.3) is 0 Å². The summed E-state index contributed by atoms with van der Waals surface area (Å²) < 4.78 is 30.7. The lowest BCUT2D eigenvalue weighted by Gasteiger charge is -2.18. The van der Waals surface area contributed by atoms with Crippen LogP contribution in [-0.4, -0.2) is 46.6 Å². The summed E-state index contributed by atoms with van der Waals surface area (Å²) in [5, 5.41) is 0. The van der Waals surface area contributed by atoms with E-state index >= 15 is 0 Å². The topological polar surface area (TPSA) is 75.7 Å². The predicted octanol–water partition coefficient (Wildman–Crippen LogP) is -0.0247. The third-order valence-electron chi connectivity index (χ3n) is 2.18. The number of nitrogens with one attached hydrogen (secondary N) is 1. The number of hydrogen-bond donors (Lipinski definition) is 1. The van der Waals surface area contributed by atoms with E-state index in [1.807, 2.05) is 0 Å². The summed E-state index contributed by atoms with van der Waals surface area (Å²) >= 11 is 0. The summed E-state index contributed by atoms with van der Waals surface area (Å²) in [6.07, 6.45) is 0. The van der Waals surface area contributed by atoms with Gasteiger partial charge in [-0.3, -0.25) is 4.79 Å². The summed E-state index contributed by atoms with van der Waals surface area (Å²) in [4.78, 5) is 11.2. The van der Waals surface area contributed by atoms with Crippen molar-refractivity contribution in [3.8, 4) is 0 Å². The Hall–Kier alpha value is -0.443. The lowest BCUT2D eigenvalue weighted by Crippen LogP contribution is -2.34. The van der Waals surface area contributed by atoms with Crippen LogP contribution in [0.15, 0.2) is 0 Å². The average Bonchev–Trinajstić information content (AvgIpc) is 2.35. The maximum Gasteiger partial charge on any atom is 0.306 e. The number of amides is 1. The number of carbonyl (C=O) groups is 1. The molecule has 1 heterocycles. The van der Waals surface area contributed by atoms with Crippen LogP contribution in [0.5, 0.6) is 0 Å². The van der Waals surface area contributed by atoms with Crippen molar-refractivity contribution in [2.45, 2.75) is 25.7 Å². The van der Waals surface area contributed by atoms with Crippen molar-refractivity contribution in [2.75, 3.05) is 19.9 Å². The molecule has 16 heavy (non-hydrogen) atoms. The number of rotatable bonds is 5. The van der Waals surface area contributed by atoms with Gasteiger partial charge in [0.2, 0.25) is 0 Å². The molecular weight excluding hydrogens is 248 g/mol. The molecule has 0 unspecified atom stereocenters. The Bertz CT molecular complexity index is 363. The summed E-state index contributed by atoms with van der Waals surface area (Å²) in [6, 6.07) is 0.947. The molecule has 94 valence electrons. The summed E-state index contributed by atoms with van der Waals surface area (Å²) in [7, 11) is -4.81. The van der Waals surface area contributed by atoms with Crippen LogP contribution in [0.3, 0.4) is 0 Å². The first-order valence-electron chi connectivity index (χ1n) is 5.10. The van der Waals surface area contributed by atoms with E-state index in [1.165, 1.54) is 0 Å². The zero-order valence-electron chi connectivity index (χ0n) is 9.82. The number of hydrogen-bond acceptors (Lipinski definition) is 4. The highest BCUT2D eigenvalue weighted by atomic mass is 32.2. The van der Waals surface area contributed by atoms with E-state index in [9.17, 15) is 13.2 Å². The smallest absolute Gasteiger partial charge is 0.306 e. The van der Waals surface area contributed by atoms with Gasteiger partial charge < -0.3 is 4.74 Å². The molecule has 0 atom stereocenters. The second-order valence-electron chi connectivity index (χ2n) is 4.92. The van der Waals surface area contributed by atoms with E-state index < -0.39 is 24.2 Å². The average molecular weight is 266 g/mol. The largest absolute Gasteiger partial charge is 0.360 e. The van der Waals surface area contributed by atoms with Gasteiger partial charge in [-0.1, -0.05) is 19.6 Å². The van der Waals surface area contributed by atoms with Gasteiger partial charge in [-0.15, -0.1) is 0 Å². The fourth-order valence-electron chi connectivity index (χ4n) is 1.12. The molecule has 0 spiro atoms. The van der Waals surface area contributed by atoms with Gasteiger partial charge in [0.1, 0.15) is 6.73 Å². The van der Waals surface area contributed by atoms with Gasteiger partial charge >= 0.3 is 10.2 Å². The molecule has 0 aliphatic carbocycles. The van der Waals surface area contributed by atoms with Crippen LogP contribution in [0, 0.1) is 0 Å². The Morgan fingerprint density at radius 1 is 1.44 bits per heavy atom. The van der Waals surface area contributed by atoms with Crippen LogP contribution >= 0.6 is 0 Å². The monoisotopic (exact) mass is 266 g/mol. The Balaban J connectivity index is 2.36. The molecule has 8 heteroatoms. The van der Waals surface area contributed by atoms with Crippen LogP contribution in [0.4, 0.5) is 0 Å². The van der Waals surface area contributed by atoms with Gasteiger partial charge in [0, 0.05) is 14.7 Å². The molecule has 1 saturated heterocycles.